The van der Waals surface area contributed by atoms with Crippen LogP contribution in [0.1, 0.15) is 24.4 Å². The highest BCUT2D eigenvalue weighted by Gasteiger charge is 2.25. The van der Waals surface area contributed by atoms with Crippen LogP contribution in [0.2, 0.25) is 0 Å². The van der Waals surface area contributed by atoms with Crippen LogP contribution in [0, 0.1) is 0 Å². The van der Waals surface area contributed by atoms with Gasteiger partial charge in [0.2, 0.25) is 11.8 Å². The topological polar surface area (TPSA) is 153 Å². The number of carboxylic acid groups (broad SMARTS) is 1. The van der Waals surface area contributed by atoms with Crippen molar-refractivity contribution in [1.82, 2.24) is 15.1 Å². The van der Waals surface area contributed by atoms with Crippen LogP contribution in [0.4, 0.5) is 0 Å². The van der Waals surface area contributed by atoms with E-state index >= 15 is 0 Å². The van der Waals surface area contributed by atoms with Crippen molar-refractivity contribution in [2.24, 2.45) is 18.5 Å². The molecule has 1 heterocycles. The molecule has 0 fully saturated rings. The summed E-state index contributed by atoms with van der Waals surface area (Å²) in [5.41, 5.74) is 11.1. The molecule has 0 aromatic carbocycles. The molecular weight excluding hydrogens is 266 g/mol. The lowest BCUT2D eigenvalue weighted by atomic mass is 10.1. The number of hydrogen-bond acceptors (Lipinski definition) is 5. The van der Waals surface area contributed by atoms with Crippen molar-refractivity contribution in [3.05, 3.63) is 18.0 Å². The molecule has 6 N–H and O–H groups in total. The van der Waals surface area contributed by atoms with E-state index in [-0.39, 0.29) is 12.8 Å². The summed E-state index contributed by atoms with van der Waals surface area (Å²) in [5.74, 6) is -2.55. The summed E-state index contributed by atoms with van der Waals surface area (Å²) < 4.78 is 1.48. The largest absolute Gasteiger partial charge is 0.480 e. The highest BCUT2D eigenvalue weighted by atomic mass is 16.4. The Hall–Kier alpha value is -2.42. The standard InChI is InChI=1S/C11H17N5O4/c1-16-5-6(4-14-16)9(13)10(18)15-7(11(19)20)2-3-8(12)17/h4-5,7,9H,2-3,13H2,1H3,(H2,12,17)(H,15,18)(H,19,20). The molecule has 1 rings (SSSR count). The SMILES string of the molecule is Cn1cc(C(N)C(=O)NC(CCC(N)=O)C(=O)O)cn1. The number of amides is 2. The zero-order valence-corrected chi connectivity index (χ0v) is 10.9. The van der Waals surface area contributed by atoms with Gasteiger partial charge in [0.25, 0.3) is 0 Å². The molecule has 9 heteroatoms. The second-order valence-electron chi connectivity index (χ2n) is 4.33. The van der Waals surface area contributed by atoms with Gasteiger partial charge in [-0.3, -0.25) is 14.3 Å². The number of primary amides is 1. The number of nitrogens with zero attached hydrogens (tertiary/aromatic N) is 2. The second-order valence-corrected chi connectivity index (χ2v) is 4.33. The molecule has 0 aliphatic heterocycles. The Bertz CT molecular complexity index is 513. The number of aromatic nitrogens is 2. The van der Waals surface area contributed by atoms with Gasteiger partial charge >= 0.3 is 5.97 Å². The van der Waals surface area contributed by atoms with E-state index in [9.17, 15) is 14.4 Å². The van der Waals surface area contributed by atoms with E-state index in [2.05, 4.69) is 10.4 Å². The molecule has 9 nitrogen and oxygen atoms in total. The van der Waals surface area contributed by atoms with Gasteiger partial charge in [-0.15, -0.1) is 0 Å². The van der Waals surface area contributed by atoms with Gasteiger partial charge in [0.15, 0.2) is 0 Å². The van der Waals surface area contributed by atoms with E-state index in [0.29, 0.717) is 5.56 Å². The predicted octanol–water partition coefficient (Wildman–Crippen LogP) is -1.75. The van der Waals surface area contributed by atoms with Crippen LogP contribution in [0.25, 0.3) is 0 Å². The third-order valence-corrected chi connectivity index (χ3v) is 2.66. The number of nitrogens with one attached hydrogen (secondary N) is 1. The Morgan fingerprint density at radius 1 is 1.50 bits per heavy atom. The maximum atomic E-state index is 11.9. The summed E-state index contributed by atoms with van der Waals surface area (Å²) in [6.45, 7) is 0. The van der Waals surface area contributed by atoms with Gasteiger partial charge in [0.05, 0.1) is 6.20 Å². The Balaban J connectivity index is 2.65. The van der Waals surface area contributed by atoms with Gasteiger partial charge in [-0.25, -0.2) is 4.79 Å². The molecular formula is C11H17N5O4. The first-order chi connectivity index (χ1) is 9.31. The van der Waals surface area contributed by atoms with Crippen LogP contribution in [-0.4, -0.2) is 38.7 Å². The lowest BCUT2D eigenvalue weighted by molar-refractivity contribution is -0.142. The molecule has 2 amide bonds. The first-order valence-electron chi connectivity index (χ1n) is 5.87. The number of hydrogen-bond donors (Lipinski definition) is 4. The third kappa shape index (κ3) is 4.35. The van der Waals surface area contributed by atoms with Crippen LogP contribution in [0.3, 0.4) is 0 Å². The summed E-state index contributed by atoms with van der Waals surface area (Å²) in [7, 11) is 1.67. The molecule has 2 atom stereocenters. The highest BCUT2D eigenvalue weighted by Crippen LogP contribution is 2.09. The highest BCUT2D eigenvalue weighted by molar-refractivity contribution is 5.87. The number of carboxylic acids is 1. The second kappa shape index (κ2) is 6.66. The Morgan fingerprint density at radius 3 is 2.60 bits per heavy atom. The number of aliphatic carboxylic acids is 1. The van der Waals surface area contributed by atoms with Crippen molar-refractivity contribution < 1.29 is 19.5 Å². The van der Waals surface area contributed by atoms with E-state index < -0.39 is 29.9 Å². The number of carbonyl (C=O) groups excluding carboxylic acids is 2. The van der Waals surface area contributed by atoms with Crippen LogP contribution in [0.15, 0.2) is 12.4 Å². The molecule has 0 aliphatic rings. The summed E-state index contributed by atoms with van der Waals surface area (Å²) in [6.07, 6.45) is 2.75. The van der Waals surface area contributed by atoms with Crippen LogP contribution < -0.4 is 16.8 Å². The zero-order chi connectivity index (χ0) is 15.3. The molecule has 20 heavy (non-hydrogen) atoms. The van der Waals surface area contributed by atoms with Gasteiger partial charge in [-0.1, -0.05) is 0 Å². The van der Waals surface area contributed by atoms with Gasteiger partial charge in [0, 0.05) is 25.2 Å². The van der Waals surface area contributed by atoms with E-state index in [1.54, 1.807) is 13.2 Å². The minimum Gasteiger partial charge on any atom is -0.480 e. The average Bonchev–Trinajstić information content (AvgIpc) is 2.79. The van der Waals surface area contributed by atoms with Crippen LogP contribution in [0.5, 0.6) is 0 Å². The fraction of sp³-hybridized carbons (Fsp3) is 0.455. The Labute approximate surface area is 114 Å². The van der Waals surface area contributed by atoms with Crippen molar-refractivity contribution in [2.45, 2.75) is 24.9 Å². The normalized spacial score (nSPS) is 13.5. The van der Waals surface area contributed by atoms with Crippen molar-refractivity contribution >= 4 is 17.8 Å². The average molecular weight is 283 g/mol. The minimum atomic E-state index is -1.25. The summed E-state index contributed by atoms with van der Waals surface area (Å²) in [4.78, 5) is 33.5. The van der Waals surface area contributed by atoms with Crippen LogP contribution >= 0.6 is 0 Å². The zero-order valence-electron chi connectivity index (χ0n) is 10.9. The Morgan fingerprint density at radius 2 is 2.15 bits per heavy atom. The molecule has 0 spiro atoms. The summed E-state index contributed by atoms with van der Waals surface area (Å²) in [5, 5.41) is 15.1. The van der Waals surface area contributed by atoms with Crippen molar-refractivity contribution in [3.8, 4) is 0 Å². The van der Waals surface area contributed by atoms with Gasteiger partial charge in [-0.2, -0.15) is 5.10 Å². The molecule has 0 aliphatic carbocycles. The number of nitrogens with two attached hydrogens (primary N) is 2. The van der Waals surface area contributed by atoms with E-state index in [1.165, 1.54) is 10.9 Å². The van der Waals surface area contributed by atoms with Gasteiger partial charge in [-0.05, 0) is 6.42 Å². The Kier molecular flexibility index (Phi) is 5.21. The van der Waals surface area contributed by atoms with Crippen molar-refractivity contribution in [1.29, 1.82) is 0 Å². The van der Waals surface area contributed by atoms with Crippen LogP contribution in [-0.2, 0) is 21.4 Å². The van der Waals surface area contributed by atoms with Gasteiger partial charge in [0.1, 0.15) is 12.1 Å². The minimum absolute atomic E-state index is 0.0871. The first-order valence-corrected chi connectivity index (χ1v) is 5.87. The number of rotatable bonds is 7. The van der Waals surface area contributed by atoms with E-state index in [4.69, 9.17) is 16.6 Å². The predicted molar refractivity (Wildman–Crippen MR) is 68.1 cm³/mol. The maximum absolute atomic E-state index is 11.9. The maximum Gasteiger partial charge on any atom is 0.326 e. The van der Waals surface area contributed by atoms with E-state index in [0.717, 1.165) is 0 Å². The molecule has 0 saturated heterocycles. The van der Waals surface area contributed by atoms with E-state index in [1.807, 2.05) is 0 Å². The van der Waals surface area contributed by atoms with Crippen molar-refractivity contribution in [3.63, 3.8) is 0 Å². The fourth-order valence-electron chi connectivity index (χ4n) is 1.56. The molecule has 1 aromatic heterocycles. The smallest absolute Gasteiger partial charge is 0.326 e. The third-order valence-electron chi connectivity index (χ3n) is 2.66. The quantitative estimate of drug-likeness (QED) is 0.465. The monoisotopic (exact) mass is 283 g/mol. The summed E-state index contributed by atoms with van der Waals surface area (Å²) in [6, 6.07) is -2.24. The number of carbonyl (C=O) groups is 3. The van der Waals surface area contributed by atoms with Gasteiger partial charge < -0.3 is 21.9 Å². The molecule has 110 valence electrons. The lowest BCUT2D eigenvalue weighted by Crippen LogP contribution is -2.45. The first kappa shape index (κ1) is 15.6. The lowest BCUT2D eigenvalue weighted by Gasteiger charge is -2.16. The molecule has 0 bridgehead atoms. The molecule has 2 unspecified atom stereocenters. The molecule has 0 saturated carbocycles. The molecule has 1 aromatic rings. The van der Waals surface area contributed by atoms with Crippen molar-refractivity contribution in [2.75, 3.05) is 0 Å². The number of aryl methyl sites for hydroxylation is 1. The summed E-state index contributed by atoms with van der Waals surface area (Å²) >= 11 is 0. The molecule has 0 radical (unpaired) electrons. The fourth-order valence-corrected chi connectivity index (χ4v) is 1.56.